The summed E-state index contributed by atoms with van der Waals surface area (Å²) >= 11 is 6.28. The van der Waals surface area contributed by atoms with E-state index in [2.05, 4.69) is 0 Å². The van der Waals surface area contributed by atoms with E-state index in [1.165, 1.54) is 0 Å². The van der Waals surface area contributed by atoms with Gasteiger partial charge in [0.25, 0.3) is 0 Å². The van der Waals surface area contributed by atoms with Gasteiger partial charge in [-0.15, -0.1) is 11.6 Å². The number of fused-ring (bicyclic) bond motifs is 5. The van der Waals surface area contributed by atoms with E-state index in [-0.39, 0.29) is 23.3 Å². The lowest BCUT2D eigenvalue weighted by molar-refractivity contribution is -0.133. The van der Waals surface area contributed by atoms with E-state index in [4.69, 9.17) is 11.6 Å². The zero-order valence-corrected chi connectivity index (χ0v) is 10.4. The van der Waals surface area contributed by atoms with E-state index in [0.717, 1.165) is 12.8 Å². The van der Waals surface area contributed by atoms with Crippen LogP contribution in [0.5, 0.6) is 0 Å². The molecule has 1 N–H and O–H groups in total. The van der Waals surface area contributed by atoms with Gasteiger partial charge in [-0.2, -0.15) is 0 Å². The van der Waals surface area contributed by atoms with Gasteiger partial charge < -0.3 is 5.11 Å². The summed E-state index contributed by atoms with van der Waals surface area (Å²) in [5.41, 5.74) is 0. The van der Waals surface area contributed by atoms with Crippen molar-refractivity contribution in [2.24, 2.45) is 29.6 Å². The Bertz CT molecular complexity index is 315. The molecule has 0 heterocycles. The second-order valence-electron chi connectivity index (χ2n) is 5.84. The fourth-order valence-electron chi connectivity index (χ4n) is 4.82. The van der Waals surface area contributed by atoms with Crippen molar-refractivity contribution in [3.63, 3.8) is 0 Å². The number of halogens is 1. The predicted octanol–water partition coefficient (Wildman–Crippen LogP) is 2.23. The maximum Gasteiger partial charge on any atom is 0.136 e. The first-order valence-electron chi connectivity index (χ1n) is 6.46. The van der Waals surface area contributed by atoms with Crippen LogP contribution in [0.2, 0.25) is 0 Å². The summed E-state index contributed by atoms with van der Waals surface area (Å²) < 4.78 is 0. The van der Waals surface area contributed by atoms with E-state index in [1.807, 2.05) is 6.92 Å². The molecular weight excluding hydrogens is 224 g/mol. The highest BCUT2D eigenvalue weighted by atomic mass is 35.5. The molecule has 0 aliphatic heterocycles. The highest BCUT2D eigenvalue weighted by molar-refractivity contribution is 6.20. The van der Waals surface area contributed by atoms with E-state index in [9.17, 15) is 9.90 Å². The number of Topliss-reactive ketones (excluding diaryl/α,β-unsaturated/α-hetero) is 1. The highest BCUT2D eigenvalue weighted by Crippen LogP contribution is 2.61. The molecule has 7 atom stereocenters. The molecule has 0 radical (unpaired) electrons. The third-order valence-electron chi connectivity index (χ3n) is 5.23. The molecule has 3 aliphatic carbocycles. The molecule has 3 rings (SSSR count). The number of carbonyl (C=O) groups excluding carboxylic acids is 1. The van der Waals surface area contributed by atoms with E-state index < -0.39 is 0 Å². The van der Waals surface area contributed by atoms with Crippen LogP contribution in [-0.2, 0) is 4.79 Å². The molecule has 16 heavy (non-hydrogen) atoms. The first kappa shape index (κ1) is 11.0. The molecule has 0 aromatic heterocycles. The Kier molecular flexibility index (Phi) is 2.56. The minimum atomic E-state index is -0.254. The zero-order valence-electron chi connectivity index (χ0n) is 9.60. The van der Waals surface area contributed by atoms with Gasteiger partial charge in [-0.3, -0.25) is 4.79 Å². The molecule has 3 saturated carbocycles. The topological polar surface area (TPSA) is 37.3 Å². The van der Waals surface area contributed by atoms with Gasteiger partial charge in [0.1, 0.15) is 5.78 Å². The lowest BCUT2D eigenvalue weighted by Gasteiger charge is -2.37. The SMILES string of the molecule is CC(Cl)[C@H]1[C@@H]2CC[C@H]1[C@@H]1[C@@H]2C(=O)CC[C@H]1O. The number of aliphatic hydroxyl groups is 1. The van der Waals surface area contributed by atoms with Crippen LogP contribution < -0.4 is 0 Å². The summed E-state index contributed by atoms with van der Waals surface area (Å²) in [4.78, 5) is 12.0. The van der Waals surface area contributed by atoms with Crippen molar-refractivity contribution in [3.8, 4) is 0 Å². The lowest BCUT2D eigenvalue weighted by Crippen LogP contribution is -2.41. The van der Waals surface area contributed by atoms with Crippen molar-refractivity contribution >= 4 is 17.4 Å². The first-order chi connectivity index (χ1) is 7.61. The van der Waals surface area contributed by atoms with E-state index >= 15 is 0 Å². The van der Waals surface area contributed by atoms with Crippen LogP contribution in [0, 0.1) is 29.6 Å². The van der Waals surface area contributed by atoms with Gasteiger partial charge in [-0.25, -0.2) is 0 Å². The van der Waals surface area contributed by atoms with Gasteiger partial charge in [0.2, 0.25) is 0 Å². The predicted molar refractivity (Wildman–Crippen MR) is 62.2 cm³/mol. The normalized spacial score (nSPS) is 52.8. The summed E-state index contributed by atoms with van der Waals surface area (Å²) in [6.45, 7) is 2.05. The number of alkyl halides is 1. The molecule has 90 valence electrons. The minimum absolute atomic E-state index is 0.133. The number of ketones is 1. The molecule has 2 bridgehead atoms. The number of rotatable bonds is 1. The molecular formula is C13H19ClO2. The van der Waals surface area contributed by atoms with Crippen LogP contribution in [0.3, 0.4) is 0 Å². The second kappa shape index (κ2) is 3.71. The van der Waals surface area contributed by atoms with Crippen molar-refractivity contribution in [2.45, 2.75) is 44.1 Å². The Morgan fingerprint density at radius 1 is 1.31 bits per heavy atom. The quantitative estimate of drug-likeness (QED) is 0.716. The van der Waals surface area contributed by atoms with Gasteiger partial charge in [0.05, 0.1) is 6.10 Å². The molecule has 0 aromatic carbocycles. The van der Waals surface area contributed by atoms with Crippen LogP contribution in [0.4, 0.5) is 0 Å². The second-order valence-corrected chi connectivity index (χ2v) is 6.52. The standard InChI is InChI=1S/C13H19ClO2/c1-6(14)11-7-2-3-8(11)13-10(16)5-4-9(15)12(7)13/h6-9,11-13,15H,2-5H2,1H3/t6?,7-,8+,9-,11-,12+,13+/m1/s1. The summed E-state index contributed by atoms with van der Waals surface area (Å²) in [5.74, 6) is 2.18. The van der Waals surface area contributed by atoms with Crippen molar-refractivity contribution in [1.29, 1.82) is 0 Å². The smallest absolute Gasteiger partial charge is 0.136 e. The Labute approximate surface area is 101 Å². The third kappa shape index (κ3) is 1.32. The Morgan fingerprint density at radius 3 is 2.62 bits per heavy atom. The maximum absolute atomic E-state index is 12.0. The van der Waals surface area contributed by atoms with Gasteiger partial charge in [0.15, 0.2) is 0 Å². The molecule has 0 spiro atoms. The van der Waals surface area contributed by atoms with Crippen molar-refractivity contribution in [3.05, 3.63) is 0 Å². The molecule has 3 fully saturated rings. The highest BCUT2D eigenvalue weighted by Gasteiger charge is 2.60. The Morgan fingerprint density at radius 2 is 2.00 bits per heavy atom. The molecule has 0 saturated heterocycles. The molecule has 1 unspecified atom stereocenters. The fraction of sp³-hybridized carbons (Fsp3) is 0.923. The van der Waals surface area contributed by atoms with E-state index in [1.54, 1.807) is 0 Å². The zero-order chi connectivity index (χ0) is 11.4. The fourth-order valence-corrected chi connectivity index (χ4v) is 5.19. The molecule has 2 nitrogen and oxygen atoms in total. The maximum atomic E-state index is 12.0. The average molecular weight is 243 g/mol. The summed E-state index contributed by atoms with van der Waals surface area (Å²) in [6.07, 6.45) is 3.31. The van der Waals surface area contributed by atoms with Crippen LogP contribution in [0.1, 0.15) is 32.6 Å². The summed E-state index contributed by atoms with van der Waals surface area (Å²) in [6, 6.07) is 0. The Hall–Kier alpha value is -0.0800. The van der Waals surface area contributed by atoms with Gasteiger partial charge in [0, 0.05) is 17.7 Å². The van der Waals surface area contributed by atoms with Crippen LogP contribution >= 0.6 is 11.6 Å². The number of aliphatic hydroxyl groups excluding tert-OH is 1. The average Bonchev–Trinajstić information content (AvgIpc) is 2.79. The van der Waals surface area contributed by atoms with Gasteiger partial charge in [-0.1, -0.05) is 0 Å². The molecule has 3 aliphatic rings. The lowest BCUT2D eigenvalue weighted by atomic mass is 9.69. The van der Waals surface area contributed by atoms with Crippen molar-refractivity contribution in [1.82, 2.24) is 0 Å². The van der Waals surface area contributed by atoms with Crippen LogP contribution in [0.25, 0.3) is 0 Å². The number of hydrogen-bond donors (Lipinski definition) is 1. The van der Waals surface area contributed by atoms with Gasteiger partial charge in [-0.05, 0) is 49.9 Å². The van der Waals surface area contributed by atoms with E-state index in [0.29, 0.717) is 36.4 Å². The Balaban J connectivity index is 1.94. The molecule has 3 heteroatoms. The largest absolute Gasteiger partial charge is 0.393 e. The first-order valence-corrected chi connectivity index (χ1v) is 6.89. The summed E-state index contributed by atoms with van der Waals surface area (Å²) in [7, 11) is 0. The van der Waals surface area contributed by atoms with Crippen molar-refractivity contribution in [2.75, 3.05) is 0 Å². The van der Waals surface area contributed by atoms with Crippen LogP contribution in [0.15, 0.2) is 0 Å². The van der Waals surface area contributed by atoms with Crippen molar-refractivity contribution < 1.29 is 9.90 Å². The third-order valence-corrected chi connectivity index (χ3v) is 5.52. The van der Waals surface area contributed by atoms with Gasteiger partial charge >= 0.3 is 0 Å². The monoisotopic (exact) mass is 242 g/mol. The number of hydrogen-bond acceptors (Lipinski definition) is 2. The number of carbonyl (C=O) groups is 1. The minimum Gasteiger partial charge on any atom is -0.393 e. The molecule has 0 aromatic rings. The van der Waals surface area contributed by atoms with Crippen LogP contribution in [-0.4, -0.2) is 22.4 Å². The summed E-state index contributed by atoms with van der Waals surface area (Å²) in [5, 5.41) is 10.3. The molecule has 0 amide bonds.